The Balaban J connectivity index is 1.23. The first-order valence-electron chi connectivity index (χ1n) is 11.3. The first kappa shape index (κ1) is 23.6. The molecule has 0 saturated carbocycles. The topological polar surface area (TPSA) is 61.9 Å². The summed E-state index contributed by atoms with van der Waals surface area (Å²) in [6, 6.07) is 22.7. The lowest BCUT2D eigenvalue weighted by Gasteiger charge is -2.36. The van der Waals surface area contributed by atoms with E-state index in [1.54, 1.807) is 24.3 Å². The summed E-state index contributed by atoms with van der Waals surface area (Å²) >= 11 is 5.85. The monoisotopic (exact) mass is 477 g/mol. The quantitative estimate of drug-likeness (QED) is 0.542. The minimum absolute atomic E-state index is 0.0814. The Morgan fingerprint density at radius 3 is 2.32 bits per heavy atom. The molecule has 7 heteroatoms. The van der Waals surface area contributed by atoms with Gasteiger partial charge in [-0.2, -0.15) is 0 Å². The van der Waals surface area contributed by atoms with Crippen molar-refractivity contribution in [1.29, 1.82) is 0 Å². The smallest absolute Gasteiger partial charge is 0.262 e. The van der Waals surface area contributed by atoms with E-state index in [0.29, 0.717) is 36.0 Å². The van der Waals surface area contributed by atoms with E-state index in [4.69, 9.17) is 16.3 Å². The van der Waals surface area contributed by atoms with Crippen LogP contribution in [0.4, 0.5) is 11.4 Å². The van der Waals surface area contributed by atoms with Gasteiger partial charge in [-0.25, -0.2) is 0 Å². The molecule has 1 heterocycles. The third-order valence-corrected chi connectivity index (χ3v) is 6.02. The molecule has 2 amide bonds. The van der Waals surface area contributed by atoms with Crippen molar-refractivity contribution in [1.82, 2.24) is 4.90 Å². The molecule has 176 valence electrons. The molecule has 6 nitrogen and oxygen atoms in total. The molecule has 1 aliphatic heterocycles. The average molecular weight is 478 g/mol. The zero-order valence-corrected chi connectivity index (χ0v) is 19.9. The van der Waals surface area contributed by atoms with E-state index >= 15 is 0 Å². The van der Waals surface area contributed by atoms with Crippen LogP contribution in [0.1, 0.15) is 11.1 Å². The standard InChI is InChI=1S/C27H28ClN3O3/c1-20-3-2-4-21(17-20)18-27(33)31-15-13-30(14-16-31)24-9-7-23(8-10-24)29-26(32)19-34-25-11-5-22(28)6-12-25/h2-12,17H,13-16,18-19H2,1H3,(H,29,32). The molecule has 0 atom stereocenters. The molecule has 0 unspecified atom stereocenters. The highest BCUT2D eigenvalue weighted by atomic mass is 35.5. The van der Waals surface area contributed by atoms with Crippen molar-refractivity contribution < 1.29 is 14.3 Å². The second-order valence-corrected chi connectivity index (χ2v) is 8.81. The molecule has 0 spiro atoms. The highest BCUT2D eigenvalue weighted by Gasteiger charge is 2.21. The number of hydrogen-bond donors (Lipinski definition) is 1. The Kier molecular flexibility index (Phi) is 7.70. The third-order valence-electron chi connectivity index (χ3n) is 5.77. The average Bonchev–Trinajstić information content (AvgIpc) is 2.84. The van der Waals surface area contributed by atoms with E-state index < -0.39 is 0 Å². The third kappa shape index (κ3) is 6.51. The lowest BCUT2D eigenvalue weighted by atomic mass is 10.1. The number of nitrogens with one attached hydrogen (secondary N) is 1. The number of benzene rings is 3. The maximum absolute atomic E-state index is 12.7. The number of halogens is 1. The van der Waals surface area contributed by atoms with Gasteiger partial charge >= 0.3 is 0 Å². The van der Waals surface area contributed by atoms with Crippen LogP contribution in [0.3, 0.4) is 0 Å². The van der Waals surface area contributed by atoms with Crippen LogP contribution >= 0.6 is 11.6 Å². The summed E-state index contributed by atoms with van der Waals surface area (Å²) in [4.78, 5) is 29.1. The number of hydrogen-bond acceptors (Lipinski definition) is 4. The Morgan fingerprint density at radius 1 is 0.941 bits per heavy atom. The van der Waals surface area contributed by atoms with Crippen LogP contribution in [0.2, 0.25) is 5.02 Å². The van der Waals surface area contributed by atoms with E-state index in [0.717, 1.165) is 24.3 Å². The fraction of sp³-hybridized carbons (Fsp3) is 0.259. The highest BCUT2D eigenvalue weighted by molar-refractivity contribution is 6.30. The Morgan fingerprint density at radius 2 is 1.65 bits per heavy atom. The van der Waals surface area contributed by atoms with Crippen molar-refractivity contribution in [3.63, 3.8) is 0 Å². The van der Waals surface area contributed by atoms with Gasteiger partial charge in [0, 0.05) is 42.6 Å². The van der Waals surface area contributed by atoms with Crippen molar-refractivity contribution in [2.45, 2.75) is 13.3 Å². The molecule has 0 aromatic heterocycles. The van der Waals surface area contributed by atoms with Crippen molar-refractivity contribution in [3.05, 3.63) is 88.9 Å². The van der Waals surface area contributed by atoms with Crippen LogP contribution in [-0.2, 0) is 16.0 Å². The maximum Gasteiger partial charge on any atom is 0.262 e. The molecule has 1 aliphatic rings. The number of anilines is 2. The van der Waals surface area contributed by atoms with Crippen LogP contribution < -0.4 is 15.0 Å². The van der Waals surface area contributed by atoms with Gasteiger partial charge in [0.25, 0.3) is 5.91 Å². The number of carbonyl (C=O) groups excluding carboxylic acids is 2. The number of rotatable bonds is 7. The number of piperazine rings is 1. The highest BCUT2D eigenvalue weighted by Crippen LogP contribution is 2.20. The van der Waals surface area contributed by atoms with Gasteiger partial charge in [0.05, 0.1) is 6.42 Å². The summed E-state index contributed by atoms with van der Waals surface area (Å²) < 4.78 is 5.48. The van der Waals surface area contributed by atoms with Gasteiger partial charge in [-0.05, 0) is 61.0 Å². The van der Waals surface area contributed by atoms with Gasteiger partial charge < -0.3 is 19.9 Å². The summed E-state index contributed by atoms with van der Waals surface area (Å²) in [5, 5.41) is 3.46. The Hall–Kier alpha value is -3.51. The van der Waals surface area contributed by atoms with E-state index in [9.17, 15) is 9.59 Å². The predicted molar refractivity (Wildman–Crippen MR) is 136 cm³/mol. The van der Waals surface area contributed by atoms with Crippen molar-refractivity contribution in [3.8, 4) is 5.75 Å². The number of carbonyl (C=O) groups is 2. The number of ether oxygens (including phenoxy) is 1. The van der Waals surface area contributed by atoms with E-state index in [2.05, 4.69) is 16.3 Å². The van der Waals surface area contributed by atoms with Gasteiger partial charge in [-0.1, -0.05) is 41.4 Å². The molecule has 1 N–H and O–H groups in total. The molecule has 1 fully saturated rings. The molecule has 4 rings (SSSR count). The zero-order valence-electron chi connectivity index (χ0n) is 19.2. The molecular weight excluding hydrogens is 450 g/mol. The lowest BCUT2D eigenvalue weighted by Crippen LogP contribution is -2.49. The second kappa shape index (κ2) is 11.1. The maximum atomic E-state index is 12.7. The molecule has 0 radical (unpaired) electrons. The zero-order chi connectivity index (χ0) is 23.9. The fourth-order valence-electron chi connectivity index (χ4n) is 3.95. The van der Waals surface area contributed by atoms with Gasteiger partial charge in [-0.3, -0.25) is 9.59 Å². The van der Waals surface area contributed by atoms with Crippen LogP contribution in [-0.4, -0.2) is 49.5 Å². The van der Waals surface area contributed by atoms with Gasteiger partial charge in [-0.15, -0.1) is 0 Å². The summed E-state index contributed by atoms with van der Waals surface area (Å²) in [5.74, 6) is 0.527. The first-order valence-corrected chi connectivity index (χ1v) is 11.7. The van der Waals surface area contributed by atoms with Crippen LogP contribution in [0.25, 0.3) is 0 Å². The molecular formula is C27H28ClN3O3. The largest absolute Gasteiger partial charge is 0.484 e. The first-order chi connectivity index (χ1) is 16.5. The summed E-state index contributed by atoms with van der Waals surface area (Å²) in [6.45, 7) is 4.91. The Labute approximate surface area is 205 Å². The molecule has 0 aliphatic carbocycles. The molecule has 34 heavy (non-hydrogen) atoms. The second-order valence-electron chi connectivity index (χ2n) is 8.37. The van der Waals surface area contributed by atoms with Crippen molar-refractivity contribution in [2.24, 2.45) is 0 Å². The van der Waals surface area contributed by atoms with Crippen molar-refractivity contribution in [2.75, 3.05) is 43.0 Å². The van der Waals surface area contributed by atoms with Crippen LogP contribution in [0, 0.1) is 6.92 Å². The SMILES string of the molecule is Cc1cccc(CC(=O)N2CCN(c3ccc(NC(=O)COc4ccc(Cl)cc4)cc3)CC2)c1. The Bertz CT molecular complexity index is 1120. The van der Waals surface area contributed by atoms with Crippen molar-refractivity contribution >= 4 is 34.8 Å². The van der Waals surface area contributed by atoms with E-state index in [1.807, 2.05) is 54.3 Å². The van der Waals surface area contributed by atoms with Crippen LogP contribution in [0.5, 0.6) is 5.75 Å². The molecule has 3 aromatic carbocycles. The minimum atomic E-state index is -0.233. The molecule has 1 saturated heterocycles. The molecule has 0 bridgehead atoms. The summed E-state index contributed by atoms with van der Waals surface area (Å²) in [5.41, 5.74) is 4.01. The van der Waals surface area contributed by atoms with Gasteiger partial charge in [0.15, 0.2) is 6.61 Å². The number of amides is 2. The predicted octanol–water partition coefficient (Wildman–Crippen LogP) is 4.56. The van der Waals surface area contributed by atoms with E-state index in [1.165, 1.54) is 5.56 Å². The number of aryl methyl sites for hydroxylation is 1. The summed E-state index contributed by atoms with van der Waals surface area (Å²) in [6.07, 6.45) is 0.442. The van der Waals surface area contributed by atoms with Crippen LogP contribution in [0.15, 0.2) is 72.8 Å². The van der Waals surface area contributed by atoms with Gasteiger partial charge in [0.1, 0.15) is 5.75 Å². The van der Waals surface area contributed by atoms with Gasteiger partial charge in [0.2, 0.25) is 5.91 Å². The normalized spacial score (nSPS) is 13.5. The molecule has 3 aromatic rings. The lowest BCUT2D eigenvalue weighted by molar-refractivity contribution is -0.130. The summed E-state index contributed by atoms with van der Waals surface area (Å²) in [7, 11) is 0. The fourth-order valence-corrected chi connectivity index (χ4v) is 4.08. The minimum Gasteiger partial charge on any atom is -0.484 e. The number of nitrogens with zero attached hydrogens (tertiary/aromatic N) is 2. The van der Waals surface area contributed by atoms with E-state index in [-0.39, 0.29) is 18.4 Å².